The average Bonchev–Trinajstić information content (AvgIpc) is 3.99. The number of cyclic esters (lactones) is 1. The second-order valence-electron chi connectivity index (χ2n) is 21.6. The molecule has 2 unspecified atom stereocenters. The van der Waals surface area contributed by atoms with E-state index in [4.69, 9.17) is 14.5 Å². The molecule has 6 atom stereocenters. The number of benzene rings is 2. The first kappa shape index (κ1) is 49.6. The topological polar surface area (TPSA) is 146 Å². The lowest BCUT2D eigenvalue weighted by Gasteiger charge is -2.36. The molecular weight excluding hydrogens is 871 g/mol. The number of hydrazine groups is 1. The Morgan fingerprint density at radius 1 is 1.03 bits per heavy atom. The number of fused-ring (bicyclic) bond motifs is 6. The van der Waals surface area contributed by atoms with E-state index in [1.807, 2.05) is 52.8 Å². The molecule has 14 nitrogen and oxygen atoms in total. The molecular formula is C55H71N7O7. The third-order valence-electron chi connectivity index (χ3n) is 15.1. The largest absolute Gasteiger partial charge is 0.464 e. The molecule has 0 saturated carbocycles. The summed E-state index contributed by atoms with van der Waals surface area (Å²) in [6, 6.07) is 17.0. The molecule has 4 aliphatic heterocycles. The fraction of sp³-hybridized carbons (Fsp3) is 0.527. The standard InChI is InChI=1S/C55H71N7O7/c1-12-46(63)59-29-42(55(8,9)31-59)51(65)58(10)48(33(3)4)52(66)61-30-45(61)40-26-35-17-14-18-36(25-35)37-21-22-44-39(27-37)41(49(60(44)13-2)38-19-15-23-56-47(38)34(5)68-11)28-54(6,7)32-69-53(67)43-20-16-24-62(57-43)50(40)64/h12,14-15,17-19,21-23,25,27,33-34,40,42-43,45,48,57H,1,13,16,20,24,26,28-32H2,2-11H3/t34-,40?,42-,43-,45?,48-,61?/m0/s1. The first-order chi connectivity index (χ1) is 32.8. The average molecular weight is 942 g/mol. The maximum atomic E-state index is 15.0. The van der Waals surface area contributed by atoms with Crippen LogP contribution in [0.2, 0.25) is 0 Å². The lowest BCUT2D eigenvalue weighted by molar-refractivity contribution is -0.155. The van der Waals surface area contributed by atoms with Gasteiger partial charge in [-0.2, -0.15) is 0 Å². The van der Waals surface area contributed by atoms with Crippen LogP contribution in [-0.2, 0) is 52.8 Å². The summed E-state index contributed by atoms with van der Waals surface area (Å²) in [4.78, 5) is 80.4. The highest BCUT2D eigenvalue weighted by Crippen LogP contribution is 2.43. The van der Waals surface area contributed by atoms with Crippen LogP contribution in [0.4, 0.5) is 0 Å². The van der Waals surface area contributed by atoms with Gasteiger partial charge in [0.15, 0.2) is 0 Å². The van der Waals surface area contributed by atoms with Crippen LogP contribution in [0, 0.1) is 28.6 Å². The number of amides is 4. The van der Waals surface area contributed by atoms with E-state index in [2.05, 4.69) is 73.7 Å². The molecule has 14 heteroatoms. The number of ether oxygens (including phenoxy) is 2. The molecule has 4 amide bonds. The van der Waals surface area contributed by atoms with E-state index in [1.54, 1.807) is 40.1 Å². The van der Waals surface area contributed by atoms with Gasteiger partial charge in [-0.3, -0.25) is 34.0 Å². The molecule has 6 bridgehead atoms. The Balaban J connectivity index is 1.16. The van der Waals surface area contributed by atoms with Crippen molar-refractivity contribution in [1.29, 1.82) is 0 Å². The minimum atomic E-state index is -0.785. The number of methoxy groups -OCH3 is 1. The van der Waals surface area contributed by atoms with Crippen LogP contribution in [0.25, 0.3) is 33.3 Å². The summed E-state index contributed by atoms with van der Waals surface area (Å²) in [6.07, 6.45) is 4.89. The van der Waals surface area contributed by atoms with Gasteiger partial charge < -0.3 is 28.7 Å². The third kappa shape index (κ3) is 9.71. The zero-order valence-electron chi connectivity index (χ0n) is 42.2. The molecule has 4 aliphatic rings. The number of pyridine rings is 1. The number of aromatic nitrogens is 2. The molecule has 4 aromatic rings. The summed E-state index contributed by atoms with van der Waals surface area (Å²) in [5.41, 5.74) is 10.4. The normalized spacial score (nSPS) is 23.3. The van der Waals surface area contributed by atoms with Gasteiger partial charge in [0.1, 0.15) is 12.1 Å². The van der Waals surface area contributed by atoms with Crippen LogP contribution in [0.3, 0.4) is 0 Å². The number of rotatable bonds is 10. The summed E-state index contributed by atoms with van der Waals surface area (Å²) < 4.78 is 14.4. The fourth-order valence-corrected chi connectivity index (χ4v) is 11.3. The Labute approximate surface area is 407 Å². The Kier molecular flexibility index (Phi) is 14.0. The molecule has 2 aromatic carbocycles. The number of nitrogens with one attached hydrogen (secondary N) is 1. The van der Waals surface area contributed by atoms with Crippen LogP contribution in [-0.4, -0.2) is 124 Å². The second-order valence-corrected chi connectivity index (χ2v) is 21.6. The number of nitrogens with zero attached hydrogens (tertiary/aromatic N) is 6. The van der Waals surface area contributed by atoms with E-state index in [1.165, 1.54) is 6.08 Å². The van der Waals surface area contributed by atoms with Gasteiger partial charge in [-0.05, 0) is 103 Å². The Bertz CT molecular complexity index is 2650. The number of esters is 1. The van der Waals surface area contributed by atoms with Crippen molar-refractivity contribution >= 4 is 40.5 Å². The SMILES string of the molecule is C=CC(=O)N1C[C@@H](C(=O)N(C)[C@H](C(=O)N2CC2C2Cc3cccc(c3)-c3ccc4c(c3)c(c(-c3cccnc3[C@H](C)OC)n4CC)CC(C)(C)COC(=O)[C@@H]3CCCN(N3)C2=O)C(C)C)C(C)(C)C1. The van der Waals surface area contributed by atoms with E-state index < -0.39 is 46.8 Å². The number of likely N-dealkylation sites (tertiary alicyclic amines) is 1. The number of hydrogen-bond donors (Lipinski definition) is 1. The first-order valence-corrected chi connectivity index (χ1v) is 24.7. The molecule has 69 heavy (non-hydrogen) atoms. The Morgan fingerprint density at radius 3 is 2.49 bits per heavy atom. The zero-order chi connectivity index (χ0) is 49.7. The van der Waals surface area contributed by atoms with Gasteiger partial charge in [0.25, 0.3) is 0 Å². The predicted octanol–water partition coefficient (Wildman–Crippen LogP) is 7.24. The predicted molar refractivity (Wildman–Crippen MR) is 266 cm³/mol. The molecule has 6 heterocycles. The molecule has 2 aromatic heterocycles. The number of aryl methyl sites for hydroxylation is 1. The van der Waals surface area contributed by atoms with Crippen LogP contribution >= 0.6 is 0 Å². The van der Waals surface area contributed by atoms with Gasteiger partial charge in [-0.25, -0.2) is 5.43 Å². The van der Waals surface area contributed by atoms with Crippen molar-refractivity contribution in [3.05, 3.63) is 90.3 Å². The van der Waals surface area contributed by atoms with Crippen molar-refractivity contribution in [2.75, 3.05) is 46.9 Å². The van der Waals surface area contributed by atoms with E-state index in [-0.39, 0.29) is 48.8 Å². The van der Waals surface area contributed by atoms with Gasteiger partial charge in [0.2, 0.25) is 23.6 Å². The van der Waals surface area contributed by atoms with Gasteiger partial charge >= 0.3 is 5.97 Å². The van der Waals surface area contributed by atoms with Crippen molar-refractivity contribution in [2.45, 2.75) is 112 Å². The summed E-state index contributed by atoms with van der Waals surface area (Å²) in [5.74, 6) is -2.62. The summed E-state index contributed by atoms with van der Waals surface area (Å²) in [7, 11) is 3.38. The highest BCUT2D eigenvalue weighted by Gasteiger charge is 2.53. The summed E-state index contributed by atoms with van der Waals surface area (Å²) >= 11 is 0. The molecule has 8 rings (SSSR count). The van der Waals surface area contributed by atoms with Gasteiger partial charge in [-0.1, -0.05) is 78.5 Å². The molecule has 368 valence electrons. The summed E-state index contributed by atoms with van der Waals surface area (Å²) in [5, 5.41) is 2.67. The Hall–Kier alpha value is -5.86. The van der Waals surface area contributed by atoms with Crippen LogP contribution in [0.5, 0.6) is 0 Å². The number of likely N-dealkylation sites (N-methyl/N-ethyl adjacent to an activating group) is 1. The highest BCUT2D eigenvalue weighted by atomic mass is 16.5. The molecule has 0 aliphatic carbocycles. The maximum absolute atomic E-state index is 15.0. The second kappa shape index (κ2) is 19.5. The Morgan fingerprint density at radius 2 is 1.78 bits per heavy atom. The van der Waals surface area contributed by atoms with Crippen LogP contribution < -0.4 is 5.43 Å². The number of carbonyl (C=O) groups is 5. The minimum absolute atomic E-state index is 0.158. The fourth-order valence-electron chi connectivity index (χ4n) is 11.3. The minimum Gasteiger partial charge on any atom is -0.464 e. The molecule has 3 fully saturated rings. The van der Waals surface area contributed by atoms with Crippen LogP contribution in [0.15, 0.2) is 73.4 Å². The number of carbonyl (C=O) groups excluding carboxylic acids is 5. The molecule has 3 saturated heterocycles. The van der Waals surface area contributed by atoms with Gasteiger partial charge in [0.05, 0.1) is 42.0 Å². The van der Waals surface area contributed by atoms with E-state index in [0.29, 0.717) is 51.9 Å². The van der Waals surface area contributed by atoms with E-state index in [0.717, 1.165) is 50.1 Å². The molecule has 0 spiro atoms. The van der Waals surface area contributed by atoms with Crippen molar-refractivity contribution in [3.63, 3.8) is 0 Å². The third-order valence-corrected chi connectivity index (χ3v) is 15.1. The monoisotopic (exact) mass is 942 g/mol. The van der Waals surface area contributed by atoms with E-state index in [9.17, 15) is 24.0 Å². The van der Waals surface area contributed by atoms with E-state index >= 15 is 0 Å². The van der Waals surface area contributed by atoms with Crippen LogP contribution in [0.1, 0.15) is 91.2 Å². The maximum Gasteiger partial charge on any atom is 0.324 e. The molecule has 0 radical (unpaired) electrons. The molecule has 1 N–H and O–H groups in total. The lowest BCUT2D eigenvalue weighted by atomic mass is 9.80. The highest BCUT2D eigenvalue weighted by molar-refractivity contribution is 5.96. The van der Waals surface area contributed by atoms with Gasteiger partial charge in [-0.15, -0.1) is 0 Å². The zero-order valence-corrected chi connectivity index (χ0v) is 42.2. The quantitative estimate of drug-likeness (QED) is 0.0988. The van der Waals surface area contributed by atoms with Gasteiger partial charge in [0, 0.05) is 75.0 Å². The van der Waals surface area contributed by atoms with Crippen molar-refractivity contribution in [1.82, 2.24) is 34.7 Å². The lowest BCUT2D eigenvalue weighted by Crippen LogP contribution is -2.58. The first-order valence-electron chi connectivity index (χ1n) is 24.7. The number of hydrogen-bond acceptors (Lipinski definition) is 9. The summed E-state index contributed by atoms with van der Waals surface area (Å²) in [6.45, 7) is 22.1. The van der Waals surface area contributed by atoms with Crippen molar-refractivity contribution < 1.29 is 33.4 Å². The van der Waals surface area contributed by atoms with Crippen molar-refractivity contribution in [2.24, 2.45) is 28.6 Å². The smallest absolute Gasteiger partial charge is 0.324 e. The van der Waals surface area contributed by atoms with Crippen molar-refractivity contribution in [3.8, 4) is 22.4 Å².